The Bertz CT molecular complexity index is 1520. The Kier molecular flexibility index (Phi) is 6.05. The molecule has 0 bridgehead atoms. The van der Waals surface area contributed by atoms with Gasteiger partial charge in [-0.2, -0.15) is 5.26 Å². The van der Waals surface area contributed by atoms with Crippen LogP contribution in [0.2, 0.25) is 5.02 Å². The number of nitrogens with one attached hydrogen (secondary N) is 1. The largest absolute Gasteiger partial charge is 0.355 e. The zero-order chi connectivity index (χ0) is 24.5. The van der Waals surface area contributed by atoms with Crippen LogP contribution >= 0.6 is 11.6 Å². The number of sulfonamides is 1. The van der Waals surface area contributed by atoms with E-state index in [-0.39, 0.29) is 10.6 Å². The number of nitrogens with zero attached hydrogens (tertiary/aromatic N) is 4. The minimum Gasteiger partial charge on any atom is -0.355 e. The molecular weight excluding hydrogens is 482 g/mol. The maximum atomic E-state index is 13.1. The Morgan fingerprint density at radius 3 is 2.46 bits per heavy atom. The number of rotatable bonds is 5. The molecule has 0 saturated carbocycles. The fourth-order valence-corrected chi connectivity index (χ4v) is 6.05. The molecule has 1 saturated heterocycles. The molecule has 1 aliphatic heterocycles. The topological polar surface area (TPSA) is 99.0 Å². The van der Waals surface area contributed by atoms with E-state index < -0.39 is 15.4 Å². The minimum atomic E-state index is -3.90. The van der Waals surface area contributed by atoms with Gasteiger partial charge in [0.05, 0.1) is 33.9 Å². The maximum absolute atomic E-state index is 13.1. The van der Waals surface area contributed by atoms with Gasteiger partial charge in [0.25, 0.3) is 10.0 Å². The van der Waals surface area contributed by atoms with Crippen molar-refractivity contribution in [2.45, 2.75) is 23.2 Å². The number of halogens is 1. The molecule has 1 aliphatic rings. The fraction of sp³-hybridized carbons (Fsp3) is 0.192. The molecule has 1 fully saturated rings. The third-order valence-electron chi connectivity index (χ3n) is 6.42. The number of benzene rings is 2. The third-order valence-corrected chi connectivity index (χ3v) is 8.11. The molecule has 1 N–H and O–H groups in total. The molecule has 0 radical (unpaired) electrons. The lowest BCUT2D eigenvalue weighted by Gasteiger charge is -2.38. The quantitative estimate of drug-likeness (QED) is 0.404. The molecule has 176 valence electrons. The first-order valence-corrected chi connectivity index (χ1v) is 13.0. The van der Waals surface area contributed by atoms with Gasteiger partial charge in [-0.15, -0.1) is 0 Å². The molecular formula is C26H22ClN5O2S. The van der Waals surface area contributed by atoms with Crippen molar-refractivity contribution in [2.75, 3.05) is 22.7 Å². The Morgan fingerprint density at radius 2 is 1.74 bits per heavy atom. The van der Waals surface area contributed by atoms with Gasteiger partial charge in [-0.25, -0.2) is 13.4 Å². The highest BCUT2D eigenvalue weighted by atomic mass is 35.5. The van der Waals surface area contributed by atoms with E-state index in [2.05, 4.69) is 20.8 Å². The van der Waals surface area contributed by atoms with Gasteiger partial charge < -0.3 is 4.90 Å². The smallest absolute Gasteiger partial charge is 0.264 e. The summed E-state index contributed by atoms with van der Waals surface area (Å²) in [5, 5.41) is 11.0. The van der Waals surface area contributed by atoms with Crippen molar-refractivity contribution >= 4 is 44.0 Å². The first-order valence-electron chi connectivity index (χ1n) is 11.2. The van der Waals surface area contributed by atoms with Gasteiger partial charge >= 0.3 is 0 Å². The van der Waals surface area contributed by atoms with Gasteiger partial charge in [-0.05, 0) is 36.6 Å². The highest BCUT2D eigenvalue weighted by Gasteiger charge is 2.37. The average molecular weight is 504 g/mol. The van der Waals surface area contributed by atoms with Crippen molar-refractivity contribution in [3.05, 3.63) is 89.7 Å². The molecule has 7 nitrogen and oxygen atoms in total. The summed E-state index contributed by atoms with van der Waals surface area (Å²) in [6.07, 6.45) is 4.31. The molecule has 0 atom stereocenters. The molecule has 0 amide bonds. The van der Waals surface area contributed by atoms with Gasteiger partial charge in [0.1, 0.15) is 10.7 Å². The predicted molar refractivity (Wildman–Crippen MR) is 137 cm³/mol. The van der Waals surface area contributed by atoms with E-state index in [1.807, 2.05) is 47.4 Å². The van der Waals surface area contributed by atoms with E-state index in [0.717, 1.165) is 10.9 Å². The van der Waals surface area contributed by atoms with Crippen molar-refractivity contribution in [3.8, 4) is 6.07 Å². The normalized spacial score (nSPS) is 15.5. The number of nitriles is 1. The van der Waals surface area contributed by atoms with Crippen molar-refractivity contribution < 1.29 is 8.42 Å². The second-order valence-corrected chi connectivity index (χ2v) is 10.6. The molecule has 0 aliphatic carbocycles. The van der Waals surface area contributed by atoms with Crippen molar-refractivity contribution in [3.63, 3.8) is 0 Å². The van der Waals surface area contributed by atoms with Gasteiger partial charge in [-0.1, -0.05) is 60.1 Å². The van der Waals surface area contributed by atoms with Gasteiger partial charge in [0.2, 0.25) is 0 Å². The molecule has 3 heterocycles. The van der Waals surface area contributed by atoms with Crippen molar-refractivity contribution in [2.24, 2.45) is 0 Å². The van der Waals surface area contributed by atoms with Crippen LogP contribution in [0.5, 0.6) is 0 Å². The lowest BCUT2D eigenvalue weighted by atomic mass is 9.74. The van der Waals surface area contributed by atoms with E-state index in [4.69, 9.17) is 11.6 Å². The van der Waals surface area contributed by atoms with Crippen molar-refractivity contribution in [1.82, 2.24) is 9.97 Å². The first kappa shape index (κ1) is 23.1. The van der Waals surface area contributed by atoms with E-state index in [1.165, 1.54) is 12.3 Å². The van der Waals surface area contributed by atoms with Crippen LogP contribution in [0.4, 0.5) is 11.5 Å². The number of aromatic nitrogens is 2. The Hall–Kier alpha value is -3.67. The highest BCUT2D eigenvalue weighted by molar-refractivity contribution is 7.93. The molecule has 2 aromatic carbocycles. The summed E-state index contributed by atoms with van der Waals surface area (Å²) < 4.78 is 28.7. The SMILES string of the molecule is N#CC1(c2ccccc2)CCN(c2ncc(NS(=O)(=O)c3cccc4cccnc34)cc2Cl)CC1. The van der Waals surface area contributed by atoms with Crippen LogP contribution in [0.1, 0.15) is 18.4 Å². The number of hydrogen-bond donors (Lipinski definition) is 1. The summed E-state index contributed by atoms with van der Waals surface area (Å²) in [4.78, 5) is 10.8. The number of hydrogen-bond acceptors (Lipinski definition) is 6. The zero-order valence-electron chi connectivity index (χ0n) is 18.7. The van der Waals surface area contributed by atoms with Gasteiger partial charge in [-0.3, -0.25) is 9.71 Å². The van der Waals surface area contributed by atoms with E-state index >= 15 is 0 Å². The van der Waals surface area contributed by atoms with Crippen LogP contribution in [-0.4, -0.2) is 31.5 Å². The van der Waals surface area contributed by atoms with Gasteiger partial charge in [0.15, 0.2) is 0 Å². The molecule has 2 aromatic heterocycles. The van der Waals surface area contributed by atoms with Crippen LogP contribution in [0, 0.1) is 11.3 Å². The molecule has 9 heteroatoms. The number of pyridine rings is 2. The molecule has 4 aromatic rings. The fourth-order valence-electron chi connectivity index (χ4n) is 4.54. The molecule has 0 spiro atoms. The second kappa shape index (κ2) is 9.17. The first-order chi connectivity index (χ1) is 16.9. The van der Waals surface area contributed by atoms with Crippen LogP contribution in [0.15, 0.2) is 84.0 Å². The summed E-state index contributed by atoms with van der Waals surface area (Å²) in [7, 11) is -3.90. The number of fused-ring (bicyclic) bond motifs is 1. The summed E-state index contributed by atoms with van der Waals surface area (Å²) in [6.45, 7) is 1.23. The molecule has 35 heavy (non-hydrogen) atoms. The zero-order valence-corrected chi connectivity index (χ0v) is 20.3. The number of anilines is 2. The summed E-state index contributed by atoms with van der Waals surface area (Å²) in [5.41, 5.74) is 1.14. The minimum absolute atomic E-state index is 0.0839. The summed E-state index contributed by atoms with van der Waals surface area (Å²) in [5.74, 6) is 0.570. The van der Waals surface area contributed by atoms with Gasteiger partial charge in [0, 0.05) is 24.7 Å². The summed E-state index contributed by atoms with van der Waals surface area (Å²) in [6, 6.07) is 22.5. The van der Waals surface area contributed by atoms with E-state index in [9.17, 15) is 13.7 Å². The second-order valence-electron chi connectivity index (χ2n) is 8.51. The average Bonchev–Trinajstić information content (AvgIpc) is 2.89. The third kappa shape index (κ3) is 4.41. The lowest BCUT2D eigenvalue weighted by molar-refractivity contribution is 0.414. The van der Waals surface area contributed by atoms with E-state index in [1.54, 1.807) is 24.4 Å². The standard InChI is InChI=1S/C26H22ClN5O2S/c27-22-16-21(31-35(33,34)23-10-4-6-19-7-5-13-29-24(19)23)17-30-25(22)32-14-11-26(18-28,12-15-32)20-8-2-1-3-9-20/h1-10,13,16-17,31H,11-12,14-15H2. The highest BCUT2D eigenvalue weighted by Crippen LogP contribution is 2.38. The van der Waals surface area contributed by atoms with Crippen LogP contribution in [0.25, 0.3) is 10.9 Å². The maximum Gasteiger partial charge on any atom is 0.264 e. The Balaban J connectivity index is 1.35. The van der Waals surface area contributed by atoms with E-state index in [0.29, 0.717) is 42.3 Å². The molecule has 0 unspecified atom stereocenters. The van der Waals surface area contributed by atoms with Crippen LogP contribution < -0.4 is 9.62 Å². The molecule has 5 rings (SSSR count). The Morgan fingerprint density at radius 1 is 1.00 bits per heavy atom. The Labute approximate surface area is 209 Å². The monoisotopic (exact) mass is 503 g/mol. The summed E-state index contributed by atoms with van der Waals surface area (Å²) >= 11 is 6.54. The lowest BCUT2D eigenvalue weighted by Crippen LogP contribution is -2.42. The number of para-hydroxylation sites is 1. The number of piperidine rings is 1. The van der Waals surface area contributed by atoms with Crippen LogP contribution in [-0.2, 0) is 15.4 Å². The predicted octanol–water partition coefficient (Wildman–Crippen LogP) is 5.15. The van der Waals surface area contributed by atoms with Crippen molar-refractivity contribution in [1.29, 1.82) is 5.26 Å². The van der Waals surface area contributed by atoms with Crippen LogP contribution in [0.3, 0.4) is 0 Å².